The number of rotatable bonds is 5. The predicted octanol–water partition coefficient (Wildman–Crippen LogP) is 3.49. The Morgan fingerprint density at radius 2 is 1.55 bits per heavy atom. The Morgan fingerprint density at radius 3 is 2.09 bits per heavy atom. The summed E-state index contributed by atoms with van der Waals surface area (Å²) in [5.74, 6) is 0.550. The van der Waals surface area contributed by atoms with Crippen molar-refractivity contribution in [1.29, 1.82) is 0 Å². The van der Waals surface area contributed by atoms with E-state index in [-0.39, 0.29) is 23.6 Å². The number of aryl methyl sites for hydroxylation is 1. The lowest BCUT2D eigenvalue weighted by Gasteiger charge is -2.31. The van der Waals surface area contributed by atoms with Crippen molar-refractivity contribution in [2.24, 2.45) is 5.92 Å². The molecule has 0 atom stereocenters. The van der Waals surface area contributed by atoms with Crippen LogP contribution in [-0.4, -0.2) is 45.9 Å². The molecule has 2 N–H and O–H groups in total. The Balaban J connectivity index is 1.29. The molecule has 9 nitrogen and oxygen atoms in total. The van der Waals surface area contributed by atoms with Gasteiger partial charge in [-0.25, -0.2) is 0 Å². The van der Waals surface area contributed by atoms with Crippen LogP contribution < -0.4 is 10.6 Å². The van der Waals surface area contributed by atoms with Gasteiger partial charge in [0.1, 0.15) is 0 Å². The van der Waals surface area contributed by atoms with Crippen molar-refractivity contribution in [2.45, 2.75) is 26.7 Å². The van der Waals surface area contributed by atoms with E-state index < -0.39 is 0 Å². The standard InChI is InChI=1S/C24H25N5O4/c1-15(30)25-20-7-9-21(10-8-20)27-23(31)18-11-13-29(14-12-18)24(32)19-5-3-17(4-6-19)22-26-16(2)33-28-22/h3-10,18H,11-14H2,1-2H3,(H,25,30)(H,27,31). The highest BCUT2D eigenvalue weighted by atomic mass is 16.5. The zero-order valence-corrected chi connectivity index (χ0v) is 18.5. The predicted molar refractivity (Wildman–Crippen MR) is 122 cm³/mol. The second-order valence-corrected chi connectivity index (χ2v) is 8.03. The summed E-state index contributed by atoms with van der Waals surface area (Å²) in [6.07, 6.45) is 1.20. The maximum atomic E-state index is 12.9. The largest absolute Gasteiger partial charge is 0.339 e. The zero-order chi connectivity index (χ0) is 23.4. The lowest BCUT2D eigenvalue weighted by molar-refractivity contribution is -0.121. The molecule has 2 aromatic carbocycles. The number of hydrogen-bond acceptors (Lipinski definition) is 6. The van der Waals surface area contributed by atoms with Gasteiger partial charge in [0.15, 0.2) is 0 Å². The average Bonchev–Trinajstić information content (AvgIpc) is 3.26. The third kappa shape index (κ3) is 5.43. The van der Waals surface area contributed by atoms with E-state index in [9.17, 15) is 14.4 Å². The summed E-state index contributed by atoms with van der Waals surface area (Å²) >= 11 is 0. The number of nitrogens with one attached hydrogen (secondary N) is 2. The minimum Gasteiger partial charge on any atom is -0.339 e. The maximum Gasteiger partial charge on any atom is 0.253 e. The molecule has 1 aliphatic rings. The molecule has 0 bridgehead atoms. The highest BCUT2D eigenvalue weighted by Crippen LogP contribution is 2.23. The quantitative estimate of drug-likeness (QED) is 0.618. The van der Waals surface area contributed by atoms with Crippen LogP contribution in [0.3, 0.4) is 0 Å². The number of benzene rings is 2. The highest BCUT2D eigenvalue weighted by Gasteiger charge is 2.28. The number of likely N-dealkylation sites (tertiary alicyclic amines) is 1. The average molecular weight is 447 g/mol. The molecule has 1 aliphatic heterocycles. The smallest absolute Gasteiger partial charge is 0.253 e. The third-order valence-corrected chi connectivity index (χ3v) is 5.54. The van der Waals surface area contributed by atoms with E-state index in [4.69, 9.17) is 4.52 Å². The Kier molecular flexibility index (Phi) is 6.48. The van der Waals surface area contributed by atoms with Gasteiger partial charge in [-0.2, -0.15) is 4.98 Å². The van der Waals surface area contributed by atoms with Crippen LogP contribution in [0, 0.1) is 12.8 Å². The van der Waals surface area contributed by atoms with Gasteiger partial charge in [-0.15, -0.1) is 0 Å². The molecule has 33 heavy (non-hydrogen) atoms. The zero-order valence-electron chi connectivity index (χ0n) is 18.5. The van der Waals surface area contributed by atoms with Crippen LogP contribution >= 0.6 is 0 Å². The fourth-order valence-corrected chi connectivity index (χ4v) is 3.79. The molecule has 1 saturated heterocycles. The van der Waals surface area contributed by atoms with E-state index in [0.29, 0.717) is 54.6 Å². The van der Waals surface area contributed by atoms with Gasteiger partial charge in [-0.1, -0.05) is 17.3 Å². The van der Waals surface area contributed by atoms with E-state index in [1.165, 1.54) is 6.92 Å². The number of amides is 3. The van der Waals surface area contributed by atoms with Gasteiger partial charge >= 0.3 is 0 Å². The van der Waals surface area contributed by atoms with E-state index in [0.717, 1.165) is 5.56 Å². The Hall–Kier alpha value is -4.01. The van der Waals surface area contributed by atoms with Crippen LogP contribution in [-0.2, 0) is 9.59 Å². The summed E-state index contributed by atoms with van der Waals surface area (Å²) in [7, 11) is 0. The lowest BCUT2D eigenvalue weighted by Crippen LogP contribution is -2.41. The van der Waals surface area contributed by atoms with Crippen molar-refractivity contribution in [3.63, 3.8) is 0 Å². The number of carbonyl (C=O) groups is 3. The topological polar surface area (TPSA) is 117 Å². The molecular formula is C24H25N5O4. The first-order chi connectivity index (χ1) is 15.9. The van der Waals surface area contributed by atoms with Crippen molar-refractivity contribution in [3.05, 3.63) is 60.0 Å². The van der Waals surface area contributed by atoms with Crippen LogP contribution in [0.5, 0.6) is 0 Å². The molecule has 0 saturated carbocycles. The number of piperidine rings is 1. The number of carbonyl (C=O) groups excluding carboxylic acids is 3. The van der Waals surface area contributed by atoms with Crippen LogP contribution in [0.15, 0.2) is 53.1 Å². The second-order valence-electron chi connectivity index (χ2n) is 8.03. The Labute approximate surface area is 191 Å². The minimum absolute atomic E-state index is 0.0572. The van der Waals surface area contributed by atoms with Gasteiger partial charge in [0, 0.05) is 55.4 Å². The van der Waals surface area contributed by atoms with Crippen LogP contribution in [0.4, 0.5) is 11.4 Å². The molecule has 1 aromatic heterocycles. The molecule has 1 fully saturated rings. The Morgan fingerprint density at radius 1 is 0.939 bits per heavy atom. The number of aromatic nitrogens is 2. The SMILES string of the molecule is CC(=O)Nc1ccc(NC(=O)C2CCN(C(=O)c3ccc(-c4noc(C)n4)cc3)CC2)cc1. The first-order valence-electron chi connectivity index (χ1n) is 10.8. The summed E-state index contributed by atoms with van der Waals surface area (Å²) in [6.45, 7) is 4.20. The number of hydrogen-bond donors (Lipinski definition) is 2. The molecule has 0 spiro atoms. The van der Waals surface area contributed by atoms with Gasteiger partial charge < -0.3 is 20.1 Å². The first kappa shape index (κ1) is 22.2. The molecule has 170 valence electrons. The second kappa shape index (κ2) is 9.64. The van der Waals surface area contributed by atoms with Crippen LogP contribution in [0.25, 0.3) is 11.4 Å². The number of nitrogens with zero attached hydrogens (tertiary/aromatic N) is 3. The van der Waals surface area contributed by atoms with Crippen LogP contribution in [0.1, 0.15) is 36.0 Å². The van der Waals surface area contributed by atoms with Gasteiger partial charge in [-0.05, 0) is 49.2 Å². The van der Waals surface area contributed by atoms with E-state index >= 15 is 0 Å². The van der Waals surface area contributed by atoms with Crippen molar-refractivity contribution in [3.8, 4) is 11.4 Å². The molecule has 9 heteroatoms. The van der Waals surface area contributed by atoms with Gasteiger partial charge in [0.05, 0.1) is 0 Å². The molecular weight excluding hydrogens is 422 g/mol. The number of anilines is 2. The lowest BCUT2D eigenvalue weighted by atomic mass is 9.95. The van der Waals surface area contributed by atoms with Crippen molar-refractivity contribution >= 4 is 29.1 Å². The minimum atomic E-state index is -0.159. The van der Waals surface area contributed by atoms with Gasteiger partial charge in [0.2, 0.25) is 23.5 Å². The monoisotopic (exact) mass is 447 g/mol. The summed E-state index contributed by atoms with van der Waals surface area (Å²) in [4.78, 5) is 42.6. The summed E-state index contributed by atoms with van der Waals surface area (Å²) in [6, 6.07) is 14.1. The molecule has 3 amide bonds. The summed E-state index contributed by atoms with van der Waals surface area (Å²) in [5.41, 5.74) is 2.71. The van der Waals surface area contributed by atoms with Crippen LogP contribution in [0.2, 0.25) is 0 Å². The Bertz CT molecular complexity index is 1150. The normalized spacial score (nSPS) is 14.1. The van der Waals surface area contributed by atoms with Gasteiger partial charge in [0.25, 0.3) is 5.91 Å². The molecule has 3 aromatic rings. The molecule has 0 aliphatic carbocycles. The van der Waals surface area contributed by atoms with E-state index in [2.05, 4.69) is 20.8 Å². The van der Waals surface area contributed by atoms with Crippen molar-refractivity contribution in [1.82, 2.24) is 15.0 Å². The fourth-order valence-electron chi connectivity index (χ4n) is 3.79. The van der Waals surface area contributed by atoms with Crippen molar-refractivity contribution in [2.75, 3.05) is 23.7 Å². The molecule has 0 unspecified atom stereocenters. The van der Waals surface area contributed by atoms with E-state index in [1.54, 1.807) is 60.4 Å². The van der Waals surface area contributed by atoms with E-state index in [1.807, 2.05) is 0 Å². The maximum absolute atomic E-state index is 12.9. The van der Waals surface area contributed by atoms with Gasteiger partial charge in [-0.3, -0.25) is 14.4 Å². The molecule has 0 radical (unpaired) electrons. The van der Waals surface area contributed by atoms with Crippen molar-refractivity contribution < 1.29 is 18.9 Å². The molecule has 2 heterocycles. The fraction of sp³-hybridized carbons (Fsp3) is 0.292. The summed E-state index contributed by atoms with van der Waals surface area (Å²) in [5, 5.41) is 9.49. The highest BCUT2D eigenvalue weighted by molar-refractivity contribution is 5.96. The molecule has 4 rings (SSSR count). The summed E-state index contributed by atoms with van der Waals surface area (Å²) < 4.78 is 4.99. The third-order valence-electron chi connectivity index (χ3n) is 5.54. The first-order valence-corrected chi connectivity index (χ1v) is 10.8.